The SMILES string of the molecule is CCCCCCCCCCCCCCCCCCCCCCCCC/C=C/C(O)C(CO)NC(=O)CCCCCCCCCCCCCC/C=C\CCCCCCCCCCCCCCOC(=O)CCCCCCCCCCCCCCCCC. The Hall–Kier alpha value is -1.66. The minimum absolute atomic E-state index is 0.0195. The van der Waals surface area contributed by atoms with E-state index in [1.165, 1.54) is 379 Å². The van der Waals surface area contributed by atoms with E-state index in [1.807, 2.05) is 6.08 Å². The quantitative estimate of drug-likeness (QED) is 0.0320. The van der Waals surface area contributed by atoms with Crippen LogP contribution < -0.4 is 5.32 Å². The standard InChI is InChI=1S/C79H153NO5/c1-3-5-7-9-11-13-15-17-19-20-21-22-23-28-31-34-37-40-44-47-51-55-59-63-67-71-77(82)76(75-81)80-78(83)72-68-64-60-56-52-48-45-41-38-35-32-29-26-24-25-27-30-33-36-39-42-46-50-54-58-62-66-70-74-85-79(84)73-69-65-61-57-53-49-43-18-16-14-12-10-8-6-4-2/h24-25,67,71,76-77,81-82H,3-23,26-66,68-70,72-75H2,1-2H3,(H,80,83)/b25-24-,71-67+. The second-order valence-corrected chi connectivity index (χ2v) is 27.0. The zero-order chi connectivity index (χ0) is 61.3. The van der Waals surface area contributed by atoms with Crippen LogP contribution in [0.3, 0.4) is 0 Å². The van der Waals surface area contributed by atoms with Crippen molar-refractivity contribution in [3.05, 3.63) is 24.3 Å². The molecule has 0 fully saturated rings. The molecule has 504 valence electrons. The highest BCUT2D eigenvalue weighted by molar-refractivity contribution is 5.76. The number of ether oxygens (including phenoxy) is 1. The maximum absolute atomic E-state index is 12.6. The minimum atomic E-state index is -0.846. The van der Waals surface area contributed by atoms with Crippen molar-refractivity contribution < 1.29 is 24.5 Å². The first-order valence-corrected chi connectivity index (χ1v) is 39.1. The topological polar surface area (TPSA) is 95.9 Å². The zero-order valence-electron chi connectivity index (χ0n) is 57.9. The summed E-state index contributed by atoms with van der Waals surface area (Å²) in [5, 5.41) is 23.3. The number of rotatable bonds is 74. The highest BCUT2D eigenvalue weighted by Gasteiger charge is 2.18. The largest absolute Gasteiger partial charge is 0.466 e. The summed E-state index contributed by atoms with van der Waals surface area (Å²) in [7, 11) is 0. The first kappa shape index (κ1) is 83.3. The summed E-state index contributed by atoms with van der Waals surface area (Å²) < 4.78 is 5.50. The molecule has 1 amide bonds. The number of esters is 1. The van der Waals surface area contributed by atoms with Crippen molar-refractivity contribution in [2.75, 3.05) is 13.2 Å². The first-order chi connectivity index (χ1) is 42.0. The maximum atomic E-state index is 12.6. The van der Waals surface area contributed by atoms with Crippen LogP contribution in [0.1, 0.15) is 444 Å². The van der Waals surface area contributed by atoms with Crippen LogP contribution >= 0.6 is 0 Å². The summed E-state index contributed by atoms with van der Waals surface area (Å²) in [6, 6.07) is -0.629. The van der Waals surface area contributed by atoms with Crippen LogP contribution in [0.5, 0.6) is 0 Å². The van der Waals surface area contributed by atoms with Gasteiger partial charge in [-0.2, -0.15) is 0 Å². The number of hydrogen-bond donors (Lipinski definition) is 3. The van der Waals surface area contributed by atoms with Crippen LogP contribution in [0.15, 0.2) is 24.3 Å². The van der Waals surface area contributed by atoms with E-state index in [9.17, 15) is 19.8 Å². The molecule has 0 aromatic heterocycles. The number of carbonyl (C=O) groups excluding carboxylic acids is 2. The molecule has 2 unspecified atom stereocenters. The number of nitrogens with one attached hydrogen (secondary N) is 1. The molecule has 2 atom stereocenters. The predicted molar refractivity (Wildman–Crippen MR) is 375 cm³/mol. The van der Waals surface area contributed by atoms with E-state index in [0.717, 1.165) is 38.5 Å². The van der Waals surface area contributed by atoms with E-state index in [2.05, 4.69) is 31.3 Å². The van der Waals surface area contributed by atoms with Gasteiger partial charge in [0.1, 0.15) is 0 Å². The second-order valence-electron chi connectivity index (χ2n) is 27.0. The summed E-state index contributed by atoms with van der Waals surface area (Å²) in [5.41, 5.74) is 0. The number of carbonyl (C=O) groups is 2. The molecule has 6 nitrogen and oxygen atoms in total. The molecular formula is C79H153NO5. The van der Waals surface area contributed by atoms with Gasteiger partial charge in [-0.3, -0.25) is 9.59 Å². The zero-order valence-corrected chi connectivity index (χ0v) is 57.9. The van der Waals surface area contributed by atoms with E-state index in [-0.39, 0.29) is 18.5 Å². The molecule has 0 heterocycles. The maximum Gasteiger partial charge on any atom is 0.305 e. The van der Waals surface area contributed by atoms with E-state index in [1.54, 1.807) is 6.08 Å². The lowest BCUT2D eigenvalue weighted by molar-refractivity contribution is -0.143. The number of aliphatic hydroxyl groups excluding tert-OH is 2. The summed E-state index contributed by atoms with van der Waals surface area (Å²) in [5.74, 6) is -0.0431. The molecule has 0 rings (SSSR count). The normalized spacial score (nSPS) is 12.6. The summed E-state index contributed by atoms with van der Waals surface area (Å²) >= 11 is 0. The molecule has 0 aliphatic heterocycles. The van der Waals surface area contributed by atoms with Gasteiger partial charge in [0.25, 0.3) is 0 Å². The van der Waals surface area contributed by atoms with E-state index in [4.69, 9.17) is 4.74 Å². The van der Waals surface area contributed by atoms with Crippen LogP contribution in [-0.4, -0.2) is 47.4 Å². The van der Waals surface area contributed by atoms with Crippen molar-refractivity contribution in [2.24, 2.45) is 0 Å². The lowest BCUT2D eigenvalue weighted by Crippen LogP contribution is -2.45. The van der Waals surface area contributed by atoms with Gasteiger partial charge in [0.05, 0.1) is 25.4 Å². The van der Waals surface area contributed by atoms with Gasteiger partial charge in [0, 0.05) is 12.8 Å². The molecule has 0 saturated heterocycles. The molecule has 0 aliphatic rings. The lowest BCUT2D eigenvalue weighted by Gasteiger charge is -2.20. The van der Waals surface area contributed by atoms with Crippen LogP contribution in [0.4, 0.5) is 0 Å². The van der Waals surface area contributed by atoms with Crippen LogP contribution in [-0.2, 0) is 14.3 Å². The van der Waals surface area contributed by atoms with Gasteiger partial charge in [-0.05, 0) is 57.8 Å². The minimum Gasteiger partial charge on any atom is -0.466 e. The molecule has 0 spiro atoms. The molecule has 0 aliphatic carbocycles. The van der Waals surface area contributed by atoms with Gasteiger partial charge in [0.15, 0.2) is 0 Å². The Balaban J connectivity index is 3.39. The fourth-order valence-electron chi connectivity index (χ4n) is 12.5. The average molecular weight is 1200 g/mol. The molecule has 0 radical (unpaired) electrons. The summed E-state index contributed by atoms with van der Waals surface area (Å²) in [4.78, 5) is 24.6. The van der Waals surface area contributed by atoms with Gasteiger partial charge in [-0.25, -0.2) is 0 Å². The molecule has 3 N–H and O–H groups in total. The number of unbranched alkanes of at least 4 members (excludes halogenated alkanes) is 61. The Kier molecular flexibility index (Phi) is 73.3. The molecule has 85 heavy (non-hydrogen) atoms. The first-order valence-electron chi connectivity index (χ1n) is 39.1. The van der Waals surface area contributed by atoms with Crippen LogP contribution in [0.25, 0.3) is 0 Å². The second kappa shape index (κ2) is 74.8. The van der Waals surface area contributed by atoms with Gasteiger partial charge in [-0.1, -0.05) is 398 Å². The number of hydrogen-bond acceptors (Lipinski definition) is 5. The fourth-order valence-corrected chi connectivity index (χ4v) is 12.5. The molecular weight excluding hydrogens is 1040 g/mol. The molecule has 0 aromatic carbocycles. The molecule has 6 heteroatoms. The highest BCUT2D eigenvalue weighted by Crippen LogP contribution is 2.20. The third-order valence-electron chi connectivity index (χ3n) is 18.5. The Morgan fingerprint density at radius 1 is 0.318 bits per heavy atom. The van der Waals surface area contributed by atoms with Gasteiger partial charge in [-0.15, -0.1) is 0 Å². The number of allylic oxidation sites excluding steroid dienone is 3. The molecule has 0 aromatic rings. The Bertz CT molecular complexity index is 1330. The Labute approximate surface area is 532 Å². The van der Waals surface area contributed by atoms with Crippen molar-refractivity contribution >= 4 is 11.9 Å². The van der Waals surface area contributed by atoms with E-state index >= 15 is 0 Å². The number of aliphatic hydroxyl groups is 2. The lowest BCUT2D eigenvalue weighted by atomic mass is 10.0. The van der Waals surface area contributed by atoms with E-state index < -0.39 is 12.1 Å². The third kappa shape index (κ3) is 71.3. The van der Waals surface area contributed by atoms with Gasteiger partial charge >= 0.3 is 5.97 Å². The smallest absolute Gasteiger partial charge is 0.305 e. The summed E-state index contributed by atoms with van der Waals surface area (Å²) in [6.45, 7) is 4.96. The van der Waals surface area contributed by atoms with Gasteiger partial charge < -0.3 is 20.3 Å². The van der Waals surface area contributed by atoms with Crippen molar-refractivity contribution in [3.63, 3.8) is 0 Å². The van der Waals surface area contributed by atoms with Crippen molar-refractivity contribution in [3.8, 4) is 0 Å². The number of amides is 1. The van der Waals surface area contributed by atoms with E-state index in [0.29, 0.717) is 19.4 Å². The monoisotopic (exact) mass is 1200 g/mol. The van der Waals surface area contributed by atoms with Crippen molar-refractivity contribution in [1.29, 1.82) is 0 Å². The predicted octanol–water partition coefficient (Wildman–Crippen LogP) is 25.7. The highest BCUT2D eigenvalue weighted by atomic mass is 16.5. The Morgan fingerprint density at radius 3 is 0.835 bits per heavy atom. The fraction of sp³-hybridized carbons (Fsp3) is 0.924. The average Bonchev–Trinajstić information content (AvgIpc) is 3.51. The Morgan fingerprint density at radius 2 is 0.553 bits per heavy atom. The van der Waals surface area contributed by atoms with Crippen LogP contribution in [0, 0.1) is 0 Å². The molecule has 0 saturated carbocycles. The van der Waals surface area contributed by atoms with Crippen molar-refractivity contribution in [1.82, 2.24) is 5.32 Å². The van der Waals surface area contributed by atoms with Crippen LogP contribution in [0.2, 0.25) is 0 Å². The third-order valence-corrected chi connectivity index (χ3v) is 18.5. The molecule has 0 bridgehead atoms. The van der Waals surface area contributed by atoms with Crippen molar-refractivity contribution in [2.45, 2.75) is 456 Å². The van der Waals surface area contributed by atoms with Gasteiger partial charge in [0.2, 0.25) is 5.91 Å². The summed E-state index contributed by atoms with van der Waals surface area (Å²) in [6.07, 6.45) is 95.8.